The molecule has 86 valence electrons. The zero-order valence-electron chi connectivity index (χ0n) is 8.88. The molecule has 0 spiro atoms. The SMILES string of the molecule is CNCC(O)C(O)c1cnc(N)c(C#N)c1. The van der Waals surface area contributed by atoms with Gasteiger partial charge in [0.1, 0.15) is 18.0 Å². The fraction of sp³-hybridized carbons (Fsp3) is 0.400. The van der Waals surface area contributed by atoms with Crippen molar-refractivity contribution < 1.29 is 10.2 Å². The lowest BCUT2D eigenvalue weighted by molar-refractivity contribution is 0.0200. The van der Waals surface area contributed by atoms with Crippen LogP contribution in [0.4, 0.5) is 5.82 Å². The van der Waals surface area contributed by atoms with Gasteiger partial charge < -0.3 is 21.3 Å². The van der Waals surface area contributed by atoms with E-state index in [1.807, 2.05) is 6.07 Å². The van der Waals surface area contributed by atoms with Crippen LogP contribution in [0.3, 0.4) is 0 Å². The first-order valence-electron chi connectivity index (χ1n) is 4.76. The maximum absolute atomic E-state index is 9.75. The van der Waals surface area contributed by atoms with E-state index in [0.717, 1.165) is 0 Å². The number of nitrogens with zero attached hydrogens (tertiary/aromatic N) is 2. The molecule has 2 atom stereocenters. The van der Waals surface area contributed by atoms with Gasteiger partial charge >= 0.3 is 0 Å². The summed E-state index contributed by atoms with van der Waals surface area (Å²) < 4.78 is 0. The molecule has 0 aliphatic carbocycles. The predicted octanol–water partition coefficient (Wildman–Crippen LogP) is -0.851. The van der Waals surface area contributed by atoms with Gasteiger partial charge in [-0.2, -0.15) is 5.26 Å². The number of aliphatic hydroxyl groups excluding tert-OH is 2. The van der Waals surface area contributed by atoms with E-state index in [-0.39, 0.29) is 17.9 Å². The van der Waals surface area contributed by atoms with Crippen LogP contribution in [0.1, 0.15) is 17.2 Å². The van der Waals surface area contributed by atoms with Crippen LogP contribution in [0, 0.1) is 11.3 Å². The number of nitrogens with two attached hydrogens (primary N) is 1. The van der Waals surface area contributed by atoms with E-state index >= 15 is 0 Å². The van der Waals surface area contributed by atoms with E-state index in [9.17, 15) is 10.2 Å². The Hall–Kier alpha value is -1.68. The average molecular weight is 222 g/mol. The van der Waals surface area contributed by atoms with Crippen molar-refractivity contribution in [1.82, 2.24) is 10.3 Å². The van der Waals surface area contributed by atoms with E-state index in [2.05, 4.69) is 10.3 Å². The molecule has 16 heavy (non-hydrogen) atoms. The Morgan fingerprint density at radius 3 is 2.88 bits per heavy atom. The highest BCUT2D eigenvalue weighted by Gasteiger charge is 2.18. The number of nitriles is 1. The number of nitrogen functional groups attached to an aromatic ring is 1. The summed E-state index contributed by atoms with van der Waals surface area (Å²) in [6.07, 6.45) is -0.700. The van der Waals surface area contributed by atoms with Gasteiger partial charge in [0.2, 0.25) is 0 Å². The average Bonchev–Trinajstić information content (AvgIpc) is 2.29. The van der Waals surface area contributed by atoms with Gasteiger partial charge in [-0.15, -0.1) is 0 Å². The summed E-state index contributed by atoms with van der Waals surface area (Å²) in [7, 11) is 1.66. The van der Waals surface area contributed by atoms with Crippen molar-refractivity contribution in [1.29, 1.82) is 5.26 Å². The van der Waals surface area contributed by atoms with Gasteiger partial charge in [-0.1, -0.05) is 0 Å². The van der Waals surface area contributed by atoms with Crippen LogP contribution in [0.5, 0.6) is 0 Å². The summed E-state index contributed by atoms with van der Waals surface area (Å²) in [4.78, 5) is 3.78. The van der Waals surface area contributed by atoms with Crippen LogP contribution in [-0.2, 0) is 0 Å². The summed E-state index contributed by atoms with van der Waals surface area (Å²) in [5, 5.41) is 30.8. The fourth-order valence-electron chi connectivity index (χ4n) is 1.29. The molecule has 0 fully saturated rings. The molecule has 1 heterocycles. The number of aromatic nitrogens is 1. The van der Waals surface area contributed by atoms with Crippen LogP contribution >= 0.6 is 0 Å². The number of hydrogen-bond acceptors (Lipinski definition) is 6. The number of hydrogen-bond donors (Lipinski definition) is 4. The topological polar surface area (TPSA) is 115 Å². The molecule has 0 bridgehead atoms. The second kappa shape index (κ2) is 5.42. The monoisotopic (exact) mass is 222 g/mol. The first-order chi connectivity index (χ1) is 7.60. The van der Waals surface area contributed by atoms with E-state index in [1.54, 1.807) is 7.05 Å². The van der Waals surface area contributed by atoms with Crippen molar-refractivity contribution in [3.05, 3.63) is 23.4 Å². The molecule has 1 aromatic rings. The highest BCUT2D eigenvalue weighted by molar-refractivity contribution is 5.49. The number of pyridine rings is 1. The molecule has 6 heteroatoms. The molecular formula is C10H14N4O2. The quantitative estimate of drug-likeness (QED) is 0.527. The summed E-state index contributed by atoms with van der Waals surface area (Å²) in [6, 6.07) is 3.29. The lowest BCUT2D eigenvalue weighted by Gasteiger charge is -2.17. The standard InChI is InChI=1S/C10H14N4O2/c1-13-5-8(15)9(16)7-2-6(3-11)10(12)14-4-7/h2,4,8-9,13,15-16H,5H2,1H3,(H2,12,14). The summed E-state index contributed by atoms with van der Waals surface area (Å²) in [6.45, 7) is 0.243. The van der Waals surface area contributed by atoms with E-state index in [4.69, 9.17) is 11.0 Å². The second-order valence-electron chi connectivity index (χ2n) is 3.38. The van der Waals surface area contributed by atoms with Crippen LogP contribution in [-0.4, -0.2) is 34.9 Å². The van der Waals surface area contributed by atoms with Crippen molar-refractivity contribution in [3.63, 3.8) is 0 Å². The Morgan fingerprint density at radius 2 is 2.31 bits per heavy atom. The first kappa shape index (κ1) is 12.4. The van der Waals surface area contributed by atoms with Gasteiger partial charge in [-0.25, -0.2) is 4.98 Å². The predicted molar refractivity (Wildman–Crippen MR) is 58.3 cm³/mol. The minimum atomic E-state index is -1.09. The van der Waals surface area contributed by atoms with Crippen LogP contribution < -0.4 is 11.1 Å². The van der Waals surface area contributed by atoms with Crippen molar-refractivity contribution in [2.45, 2.75) is 12.2 Å². The molecule has 0 aliphatic heterocycles. The molecule has 0 saturated carbocycles. The lowest BCUT2D eigenvalue weighted by Crippen LogP contribution is -2.29. The minimum absolute atomic E-state index is 0.113. The van der Waals surface area contributed by atoms with E-state index < -0.39 is 12.2 Å². The maximum Gasteiger partial charge on any atom is 0.141 e. The van der Waals surface area contributed by atoms with E-state index in [0.29, 0.717) is 5.56 Å². The molecule has 1 rings (SSSR count). The molecule has 1 aromatic heterocycles. The van der Waals surface area contributed by atoms with Crippen molar-refractivity contribution in [2.75, 3.05) is 19.3 Å². The third-order valence-electron chi connectivity index (χ3n) is 2.18. The fourth-order valence-corrected chi connectivity index (χ4v) is 1.29. The van der Waals surface area contributed by atoms with Gasteiger partial charge in [0.15, 0.2) is 0 Å². The van der Waals surface area contributed by atoms with Gasteiger partial charge in [0, 0.05) is 18.3 Å². The van der Waals surface area contributed by atoms with Crippen molar-refractivity contribution >= 4 is 5.82 Å². The normalized spacial score (nSPS) is 14.1. The number of rotatable bonds is 4. The summed E-state index contributed by atoms with van der Waals surface area (Å²) in [5.41, 5.74) is 6.00. The van der Waals surface area contributed by atoms with Crippen LogP contribution in [0.2, 0.25) is 0 Å². The van der Waals surface area contributed by atoms with Gasteiger partial charge in [0.25, 0.3) is 0 Å². The molecule has 5 N–H and O–H groups in total. The van der Waals surface area contributed by atoms with Crippen LogP contribution in [0.25, 0.3) is 0 Å². The Kier molecular flexibility index (Phi) is 4.19. The third-order valence-corrected chi connectivity index (χ3v) is 2.18. The molecule has 0 saturated heterocycles. The Morgan fingerprint density at radius 1 is 1.62 bits per heavy atom. The highest BCUT2D eigenvalue weighted by Crippen LogP contribution is 2.19. The Labute approximate surface area is 93.3 Å². The molecule has 0 amide bonds. The first-order valence-corrected chi connectivity index (χ1v) is 4.76. The number of anilines is 1. The number of nitrogens with one attached hydrogen (secondary N) is 1. The molecule has 0 aromatic carbocycles. The maximum atomic E-state index is 9.75. The smallest absolute Gasteiger partial charge is 0.141 e. The van der Waals surface area contributed by atoms with Gasteiger partial charge in [-0.05, 0) is 13.1 Å². The van der Waals surface area contributed by atoms with E-state index in [1.165, 1.54) is 12.3 Å². The van der Waals surface area contributed by atoms with Gasteiger partial charge in [0.05, 0.1) is 11.7 Å². The zero-order valence-corrected chi connectivity index (χ0v) is 8.88. The molecular weight excluding hydrogens is 208 g/mol. The van der Waals surface area contributed by atoms with Gasteiger partial charge in [-0.3, -0.25) is 0 Å². The minimum Gasteiger partial charge on any atom is -0.389 e. The highest BCUT2D eigenvalue weighted by atomic mass is 16.3. The molecule has 0 aliphatic rings. The van der Waals surface area contributed by atoms with Crippen LogP contribution in [0.15, 0.2) is 12.3 Å². The third kappa shape index (κ3) is 2.67. The lowest BCUT2D eigenvalue weighted by atomic mass is 10.0. The summed E-state index contributed by atoms with van der Waals surface area (Å²) in [5.74, 6) is 0.113. The largest absolute Gasteiger partial charge is 0.389 e. The van der Waals surface area contributed by atoms with Crippen molar-refractivity contribution in [3.8, 4) is 6.07 Å². The number of likely N-dealkylation sites (N-methyl/N-ethyl adjacent to an activating group) is 1. The molecule has 2 unspecified atom stereocenters. The molecule has 0 radical (unpaired) electrons. The van der Waals surface area contributed by atoms with Crippen molar-refractivity contribution in [2.24, 2.45) is 0 Å². The molecule has 6 nitrogen and oxygen atoms in total. The Bertz CT molecular complexity index is 402. The number of aliphatic hydroxyl groups is 2. The Balaban J connectivity index is 2.92. The summed E-state index contributed by atoms with van der Waals surface area (Å²) >= 11 is 0. The second-order valence-corrected chi connectivity index (χ2v) is 3.38. The zero-order chi connectivity index (χ0) is 12.1.